The number of amides is 1. The van der Waals surface area contributed by atoms with Crippen molar-refractivity contribution in [1.29, 1.82) is 0 Å². The summed E-state index contributed by atoms with van der Waals surface area (Å²) in [5, 5.41) is 6.56. The van der Waals surface area contributed by atoms with E-state index in [4.69, 9.17) is 0 Å². The minimum absolute atomic E-state index is 0.102. The highest BCUT2D eigenvalue weighted by Gasteiger charge is 2.27. The molecular weight excluding hydrogens is 236 g/mol. The van der Waals surface area contributed by atoms with Gasteiger partial charge in [0.1, 0.15) is 0 Å². The summed E-state index contributed by atoms with van der Waals surface area (Å²) in [7, 11) is 0. The molecular formula is C16H32N2O. The van der Waals surface area contributed by atoms with Crippen molar-refractivity contribution in [3.63, 3.8) is 0 Å². The van der Waals surface area contributed by atoms with Crippen LogP contribution in [0.25, 0.3) is 0 Å². The zero-order chi connectivity index (χ0) is 14.6. The maximum atomic E-state index is 12.1. The van der Waals surface area contributed by atoms with Gasteiger partial charge in [-0.15, -0.1) is 0 Å². The van der Waals surface area contributed by atoms with Crippen LogP contribution in [0.2, 0.25) is 0 Å². The van der Waals surface area contributed by atoms with Crippen LogP contribution in [0.4, 0.5) is 0 Å². The van der Waals surface area contributed by atoms with Gasteiger partial charge in [-0.1, -0.05) is 26.7 Å². The Balaban J connectivity index is 2.43. The highest BCUT2D eigenvalue weighted by atomic mass is 16.2. The highest BCUT2D eigenvalue weighted by Crippen LogP contribution is 2.30. The molecule has 0 aromatic rings. The third-order valence-corrected chi connectivity index (χ3v) is 4.03. The molecule has 3 nitrogen and oxygen atoms in total. The van der Waals surface area contributed by atoms with Crippen molar-refractivity contribution < 1.29 is 4.79 Å². The molecule has 112 valence electrons. The van der Waals surface area contributed by atoms with Gasteiger partial charge >= 0.3 is 0 Å². The highest BCUT2D eigenvalue weighted by molar-refractivity contribution is 5.81. The molecule has 3 unspecified atom stereocenters. The molecule has 1 saturated carbocycles. The molecule has 0 aromatic heterocycles. The van der Waals surface area contributed by atoms with Gasteiger partial charge < -0.3 is 10.6 Å². The van der Waals surface area contributed by atoms with Crippen molar-refractivity contribution in [2.45, 2.75) is 84.8 Å². The third kappa shape index (κ3) is 5.94. The van der Waals surface area contributed by atoms with Gasteiger partial charge in [0.15, 0.2) is 0 Å². The molecule has 3 heteroatoms. The Hall–Kier alpha value is -0.570. The maximum absolute atomic E-state index is 12.1. The predicted octanol–water partition coefficient (Wildman–Crippen LogP) is 3.09. The van der Waals surface area contributed by atoms with Gasteiger partial charge in [-0.2, -0.15) is 0 Å². The molecule has 1 aliphatic rings. The molecule has 0 radical (unpaired) electrons. The Morgan fingerprint density at radius 1 is 1.16 bits per heavy atom. The standard InChI is InChI=1S/C16H32N2O/c1-11(2)13-8-7-9-14(10-13)17-12(3)15(19)18-16(4,5)6/h11-14,17H,7-10H2,1-6H3,(H,18,19). The normalized spacial score (nSPS) is 26.3. The maximum Gasteiger partial charge on any atom is 0.237 e. The lowest BCUT2D eigenvalue weighted by Crippen LogP contribution is -2.52. The monoisotopic (exact) mass is 268 g/mol. The number of carbonyl (C=O) groups excluding carboxylic acids is 1. The van der Waals surface area contributed by atoms with Crippen molar-refractivity contribution in [2.24, 2.45) is 11.8 Å². The smallest absolute Gasteiger partial charge is 0.237 e. The first-order chi connectivity index (χ1) is 8.69. The van der Waals surface area contributed by atoms with E-state index in [9.17, 15) is 4.79 Å². The molecule has 0 spiro atoms. The molecule has 0 aromatic carbocycles. The second kappa shape index (κ2) is 6.74. The van der Waals surface area contributed by atoms with Gasteiger partial charge in [-0.25, -0.2) is 0 Å². The summed E-state index contributed by atoms with van der Waals surface area (Å²) in [5.74, 6) is 1.67. The van der Waals surface area contributed by atoms with Crippen LogP contribution in [0.1, 0.15) is 67.2 Å². The first kappa shape index (κ1) is 16.5. The van der Waals surface area contributed by atoms with E-state index in [1.54, 1.807) is 0 Å². The van der Waals surface area contributed by atoms with E-state index in [1.165, 1.54) is 25.7 Å². The average molecular weight is 268 g/mol. The molecule has 0 bridgehead atoms. The van der Waals surface area contributed by atoms with Crippen molar-refractivity contribution >= 4 is 5.91 Å². The number of nitrogens with one attached hydrogen (secondary N) is 2. The van der Waals surface area contributed by atoms with Gasteiger partial charge in [-0.05, 0) is 52.4 Å². The van der Waals surface area contributed by atoms with E-state index in [-0.39, 0.29) is 17.5 Å². The van der Waals surface area contributed by atoms with E-state index in [2.05, 4.69) is 24.5 Å². The number of hydrogen-bond donors (Lipinski definition) is 2. The van der Waals surface area contributed by atoms with Gasteiger partial charge in [-0.3, -0.25) is 4.79 Å². The SMILES string of the molecule is CC(NC1CCCC(C(C)C)C1)C(=O)NC(C)(C)C. The lowest BCUT2D eigenvalue weighted by Gasteiger charge is -2.34. The lowest BCUT2D eigenvalue weighted by atomic mass is 9.79. The van der Waals surface area contributed by atoms with E-state index in [0.717, 1.165) is 11.8 Å². The molecule has 0 aliphatic heterocycles. The molecule has 1 fully saturated rings. The Kier molecular flexibility index (Phi) is 5.84. The van der Waals surface area contributed by atoms with Gasteiger partial charge in [0.25, 0.3) is 0 Å². The summed E-state index contributed by atoms with van der Waals surface area (Å²) in [6.07, 6.45) is 5.05. The summed E-state index contributed by atoms with van der Waals surface area (Å²) in [6, 6.07) is 0.400. The van der Waals surface area contributed by atoms with Crippen LogP contribution in [0.5, 0.6) is 0 Å². The number of hydrogen-bond acceptors (Lipinski definition) is 2. The molecule has 19 heavy (non-hydrogen) atoms. The fraction of sp³-hybridized carbons (Fsp3) is 0.938. The Morgan fingerprint density at radius 2 is 1.79 bits per heavy atom. The van der Waals surface area contributed by atoms with E-state index in [1.807, 2.05) is 27.7 Å². The molecule has 1 aliphatic carbocycles. The van der Waals surface area contributed by atoms with Crippen LogP contribution in [-0.4, -0.2) is 23.5 Å². The van der Waals surface area contributed by atoms with Crippen LogP contribution >= 0.6 is 0 Å². The molecule has 2 N–H and O–H groups in total. The molecule has 1 amide bonds. The fourth-order valence-electron chi connectivity index (χ4n) is 2.89. The third-order valence-electron chi connectivity index (χ3n) is 4.03. The van der Waals surface area contributed by atoms with E-state index >= 15 is 0 Å². The quantitative estimate of drug-likeness (QED) is 0.822. The van der Waals surface area contributed by atoms with Crippen molar-refractivity contribution in [1.82, 2.24) is 10.6 Å². The summed E-state index contributed by atoms with van der Waals surface area (Å²) in [5.41, 5.74) is -0.153. The van der Waals surface area contributed by atoms with Crippen LogP contribution in [0.15, 0.2) is 0 Å². The first-order valence-corrected chi connectivity index (χ1v) is 7.77. The van der Waals surface area contributed by atoms with Crippen molar-refractivity contribution in [2.75, 3.05) is 0 Å². The topological polar surface area (TPSA) is 41.1 Å². The minimum Gasteiger partial charge on any atom is -0.350 e. The first-order valence-electron chi connectivity index (χ1n) is 7.77. The van der Waals surface area contributed by atoms with Crippen molar-refractivity contribution in [3.8, 4) is 0 Å². The number of carbonyl (C=O) groups is 1. The molecule has 3 atom stereocenters. The summed E-state index contributed by atoms with van der Waals surface area (Å²) < 4.78 is 0. The van der Waals surface area contributed by atoms with Gasteiger partial charge in [0.05, 0.1) is 6.04 Å². The summed E-state index contributed by atoms with van der Waals surface area (Å²) in [6.45, 7) is 12.7. The van der Waals surface area contributed by atoms with Crippen LogP contribution < -0.4 is 10.6 Å². The summed E-state index contributed by atoms with van der Waals surface area (Å²) in [4.78, 5) is 12.1. The average Bonchev–Trinajstić information content (AvgIpc) is 2.27. The van der Waals surface area contributed by atoms with Crippen LogP contribution in [0, 0.1) is 11.8 Å². The Morgan fingerprint density at radius 3 is 2.32 bits per heavy atom. The zero-order valence-electron chi connectivity index (χ0n) is 13.5. The van der Waals surface area contributed by atoms with E-state index in [0.29, 0.717) is 6.04 Å². The largest absolute Gasteiger partial charge is 0.350 e. The van der Waals surface area contributed by atoms with E-state index < -0.39 is 0 Å². The molecule has 1 rings (SSSR count). The zero-order valence-corrected chi connectivity index (χ0v) is 13.5. The van der Waals surface area contributed by atoms with Crippen LogP contribution in [-0.2, 0) is 4.79 Å². The number of rotatable bonds is 4. The Bertz CT molecular complexity index is 294. The molecule has 0 heterocycles. The lowest BCUT2D eigenvalue weighted by molar-refractivity contribution is -0.124. The summed E-state index contributed by atoms with van der Waals surface area (Å²) >= 11 is 0. The van der Waals surface area contributed by atoms with Gasteiger partial charge in [0.2, 0.25) is 5.91 Å². The van der Waals surface area contributed by atoms with Gasteiger partial charge in [0, 0.05) is 11.6 Å². The Labute approximate surface area is 118 Å². The minimum atomic E-state index is -0.153. The molecule has 0 saturated heterocycles. The van der Waals surface area contributed by atoms with Crippen molar-refractivity contribution in [3.05, 3.63) is 0 Å². The second-order valence-electron chi connectivity index (χ2n) is 7.50. The fourth-order valence-corrected chi connectivity index (χ4v) is 2.89. The van der Waals surface area contributed by atoms with Crippen LogP contribution in [0.3, 0.4) is 0 Å². The predicted molar refractivity (Wildman–Crippen MR) is 81.1 cm³/mol. The second-order valence-corrected chi connectivity index (χ2v) is 7.50.